The van der Waals surface area contributed by atoms with Crippen LogP contribution in [0.1, 0.15) is 28.0 Å². The van der Waals surface area contributed by atoms with E-state index in [1.165, 1.54) is 0 Å². The van der Waals surface area contributed by atoms with Crippen molar-refractivity contribution in [3.63, 3.8) is 0 Å². The maximum Gasteiger partial charge on any atom is 0.417 e. The fourth-order valence-corrected chi connectivity index (χ4v) is 1.79. The second-order valence-corrected chi connectivity index (χ2v) is 4.18. The van der Waals surface area contributed by atoms with Gasteiger partial charge >= 0.3 is 6.18 Å². The Morgan fingerprint density at radius 2 is 1.95 bits per heavy atom. The minimum Gasteiger partial charge on any atom is -0.298 e. The summed E-state index contributed by atoms with van der Waals surface area (Å²) in [4.78, 5) is 14.2. The summed E-state index contributed by atoms with van der Waals surface area (Å²) in [6, 6.07) is 1.61. The summed E-state index contributed by atoms with van der Waals surface area (Å²) < 4.78 is 63.2. The van der Waals surface area contributed by atoms with Gasteiger partial charge in [-0.1, -0.05) is 11.6 Å². The molecule has 0 aromatic carbocycles. The van der Waals surface area contributed by atoms with Gasteiger partial charge in [0.25, 0.3) is 6.43 Å². The Bertz CT molecular complexity index is 666. The summed E-state index contributed by atoms with van der Waals surface area (Å²) in [6.07, 6.45) is -7.03. The monoisotopic (exact) mass is 325 g/mol. The average molecular weight is 326 g/mol. The highest BCUT2D eigenvalue weighted by atomic mass is 35.5. The lowest BCUT2D eigenvalue weighted by Crippen LogP contribution is -2.07. The van der Waals surface area contributed by atoms with Crippen LogP contribution >= 0.6 is 11.6 Å². The first-order chi connectivity index (χ1) is 9.75. The number of carbonyl (C=O) groups excluding carboxylic acids is 1. The number of hydrogen-bond donors (Lipinski definition) is 0. The van der Waals surface area contributed by atoms with Crippen LogP contribution in [0.5, 0.6) is 0 Å². The molecule has 0 aliphatic rings. The van der Waals surface area contributed by atoms with Crippen molar-refractivity contribution in [1.29, 1.82) is 0 Å². The minimum absolute atomic E-state index is 0.0947. The Morgan fingerprint density at radius 1 is 1.29 bits per heavy atom. The van der Waals surface area contributed by atoms with E-state index in [-0.39, 0.29) is 12.1 Å². The molecular weight excluding hydrogens is 321 g/mol. The predicted molar refractivity (Wildman–Crippen MR) is 61.7 cm³/mol. The van der Waals surface area contributed by atoms with Gasteiger partial charge in [-0.2, -0.15) is 18.3 Å². The molecule has 0 saturated carbocycles. The third-order valence-electron chi connectivity index (χ3n) is 2.51. The Kier molecular flexibility index (Phi) is 3.95. The summed E-state index contributed by atoms with van der Waals surface area (Å²) in [5, 5.41) is 2.95. The van der Waals surface area contributed by atoms with Gasteiger partial charge in [0.05, 0.1) is 11.1 Å². The number of nitrogens with zero attached hydrogens (tertiary/aromatic N) is 3. The number of pyridine rings is 1. The maximum absolute atomic E-state index is 12.7. The molecule has 2 aromatic rings. The Hall–Kier alpha value is -2.03. The van der Waals surface area contributed by atoms with Gasteiger partial charge in [-0.25, -0.2) is 18.4 Å². The minimum atomic E-state index is -4.58. The van der Waals surface area contributed by atoms with E-state index in [9.17, 15) is 26.7 Å². The van der Waals surface area contributed by atoms with Crippen molar-refractivity contribution in [2.75, 3.05) is 0 Å². The molecule has 2 rings (SSSR count). The van der Waals surface area contributed by atoms with Gasteiger partial charge in [0, 0.05) is 6.20 Å². The van der Waals surface area contributed by atoms with Gasteiger partial charge in [0.15, 0.2) is 12.1 Å². The van der Waals surface area contributed by atoms with E-state index in [0.717, 1.165) is 6.07 Å². The van der Waals surface area contributed by atoms with Crippen LogP contribution in [-0.4, -0.2) is 21.1 Å². The lowest BCUT2D eigenvalue weighted by Gasteiger charge is -2.07. The SMILES string of the molecule is O=Cc1c(C(F)F)nn(-c2ccc(C(F)(F)F)cn2)c1Cl. The van der Waals surface area contributed by atoms with Crippen molar-refractivity contribution in [3.05, 3.63) is 40.3 Å². The van der Waals surface area contributed by atoms with Gasteiger partial charge < -0.3 is 0 Å². The topological polar surface area (TPSA) is 47.8 Å². The average Bonchev–Trinajstić information content (AvgIpc) is 2.75. The number of carbonyl (C=O) groups is 1. The standard InChI is InChI=1S/C11H5ClF5N3O/c12-9-6(4-21)8(10(13)14)19-20(9)7-2-1-5(3-18-7)11(15,16)17/h1-4,10H. The zero-order chi connectivity index (χ0) is 15.8. The molecule has 0 saturated heterocycles. The molecule has 0 fully saturated rings. The summed E-state index contributed by atoms with van der Waals surface area (Å²) >= 11 is 5.71. The molecule has 10 heteroatoms. The number of alkyl halides is 5. The summed E-state index contributed by atoms with van der Waals surface area (Å²) in [5.41, 5.74) is -2.41. The first kappa shape index (κ1) is 15.4. The normalized spacial score (nSPS) is 12.0. The third kappa shape index (κ3) is 2.87. The molecule has 0 aliphatic carbocycles. The Labute approximate surface area is 119 Å². The van der Waals surface area contributed by atoms with E-state index in [1.807, 2.05) is 0 Å². The molecule has 0 bridgehead atoms. The first-order valence-electron chi connectivity index (χ1n) is 5.31. The highest BCUT2D eigenvalue weighted by Crippen LogP contribution is 2.31. The Balaban J connectivity index is 2.50. The van der Waals surface area contributed by atoms with Crippen LogP contribution in [-0.2, 0) is 6.18 Å². The lowest BCUT2D eigenvalue weighted by atomic mass is 10.3. The van der Waals surface area contributed by atoms with Crippen LogP contribution in [0, 0.1) is 0 Å². The van der Waals surface area contributed by atoms with Crippen LogP contribution in [0.2, 0.25) is 5.15 Å². The molecule has 4 nitrogen and oxygen atoms in total. The summed E-state index contributed by atoms with van der Waals surface area (Å²) in [7, 11) is 0. The van der Waals surface area contributed by atoms with Crippen molar-refractivity contribution in [3.8, 4) is 5.82 Å². The van der Waals surface area contributed by atoms with Crippen LogP contribution in [0.3, 0.4) is 0 Å². The second-order valence-electron chi connectivity index (χ2n) is 3.82. The molecule has 0 radical (unpaired) electrons. The van der Waals surface area contributed by atoms with Gasteiger partial charge in [-0.15, -0.1) is 0 Å². The molecular formula is C11H5ClF5N3O. The van der Waals surface area contributed by atoms with Crippen LogP contribution in [0.4, 0.5) is 22.0 Å². The smallest absolute Gasteiger partial charge is 0.298 e. The highest BCUT2D eigenvalue weighted by Gasteiger charge is 2.31. The molecule has 2 heterocycles. The second kappa shape index (κ2) is 5.40. The number of halogens is 6. The molecule has 0 spiro atoms. The zero-order valence-corrected chi connectivity index (χ0v) is 10.7. The largest absolute Gasteiger partial charge is 0.417 e. The maximum atomic E-state index is 12.7. The third-order valence-corrected chi connectivity index (χ3v) is 2.87. The highest BCUT2D eigenvalue weighted by molar-refractivity contribution is 6.32. The number of rotatable bonds is 3. The van der Waals surface area contributed by atoms with Crippen molar-refractivity contribution >= 4 is 17.9 Å². The fraction of sp³-hybridized carbons (Fsp3) is 0.182. The first-order valence-corrected chi connectivity index (χ1v) is 5.69. The van der Waals surface area contributed by atoms with E-state index in [4.69, 9.17) is 11.6 Å². The quantitative estimate of drug-likeness (QED) is 0.639. The van der Waals surface area contributed by atoms with Gasteiger partial charge in [-0.05, 0) is 12.1 Å². The van der Waals surface area contributed by atoms with Crippen molar-refractivity contribution in [2.45, 2.75) is 12.6 Å². The van der Waals surface area contributed by atoms with Crippen LogP contribution < -0.4 is 0 Å². The lowest BCUT2D eigenvalue weighted by molar-refractivity contribution is -0.137. The molecule has 0 N–H and O–H groups in total. The molecule has 0 unspecified atom stereocenters. The molecule has 2 aromatic heterocycles. The van der Waals surface area contributed by atoms with Gasteiger partial charge in [0.2, 0.25) is 0 Å². The number of aldehydes is 1. The molecule has 0 amide bonds. The number of aromatic nitrogens is 3. The van der Waals surface area contributed by atoms with Gasteiger partial charge in [-0.3, -0.25) is 4.79 Å². The zero-order valence-electron chi connectivity index (χ0n) is 9.90. The van der Waals surface area contributed by atoms with Crippen LogP contribution in [0.15, 0.2) is 18.3 Å². The summed E-state index contributed by atoms with van der Waals surface area (Å²) in [5.74, 6) is -0.219. The van der Waals surface area contributed by atoms with Gasteiger partial charge in [0.1, 0.15) is 10.8 Å². The van der Waals surface area contributed by atoms with E-state index in [1.54, 1.807) is 0 Å². The van der Waals surface area contributed by atoms with Crippen molar-refractivity contribution < 1.29 is 26.7 Å². The van der Waals surface area contributed by atoms with E-state index >= 15 is 0 Å². The Morgan fingerprint density at radius 3 is 2.33 bits per heavy atom. The van der Waals surface area contributed by atoms with E-state index < -0.39 is 34.6 Å². The van der Waals surface area contributed by atoms with Crippen molar-refractivity contribution in [2.24, 2.45) is 0 Å². The molecule has 0 aliphatic heterocycles. The summed E-state index contributed by atoms with van der Waals surface area (Å²) in [6.45, 7) is 0. The fourth-order valence-electron chi connectivity index (χ4n) is 1.53. The molecule has 112 valence electrons. The van der Waals surface area contributed by atoms with Crippen molar-refractivity contribution in [1.82, 2.24) is 14.8 Å². The van der Waals surface area contributed by atoms with E-state index in [2.05, 4.69) is 10.1 Å². The van der Waals surface area contributed by atoms with Crippen LogP contribution in [0.25, 0.3) is 5.82 Å². The molecule has 0 atom stereocenters. The number of hydrogen-bond acceptors (Lipinski definition) is 3. The van der Waals surface area contributed by atoms with E-state index in [0.29, 0.717) is 16.9 Å². The molecule has 21 heavy (non-hydrogen) atoms. The predicted octanol–water partition coefficient (Wildman–Crippen LogP) is 3.69.